The standard InChI is InChI=1S/C10H14.C9H15N3S3.2C9H10/c1-3-9(2)10-7-5-4-6-8-10;1-4-13-7-10-8(14-5-2)12-9(11-7)15-6-3;2*1-8(2)9-6-4-3-5-7-9/h4-9H,3H2,1-2H3;4-6H2,1-3H3;2*3-7H,1H2,2H3. The smallest absolute Gasteiger partial charge is 0.192 e. The Morgan fingerprint density at radius 2 is 0.860 bits per heavy atom. The average Bonchev–Trinajstić information content (AvgIpc) is 3.03. The molecule has 1 atom stereocenters. The lowest BCUT2D eigenvalue weighted by molar-refractivity contribution is 0.718. The number of aromatic nitrogens is 3. The minimum Gasteiger partial charge on any atom is -0.196 e. The summed E-state index contributed by atoms with van der Waals surface area (Å²) in [7, 11) is 0. The minimum absolute atomic E-state index is 0.709. The molecule has 0 aliphatic carbocycles. The van der Waals surface area contributed by atoms with E-state index >= 15 is 0 Å². The SMILES string of the molecule is C=C(C)c1ccccc1.C=C(C)c1ccccc1.CCC(C)c1ccccc1.CCSc1nc(SCC)nc(SCC)n1. The highest BCUT2D eigenvalue weighted by Crippen LogP contribution is 2.22. The fourth-order valence-corrected chi connectivity index (χ4v) is 5.22. The molecule has 0 N–H and O–H groups in total. The third-order valence-corrected chi connectivity index (χ3v) is 8.10. The van der Waals surface area contributed by atoms with Crippen LogP contribution in [0.3, 0.4) is 0 Å². The minimum atomic E-state index is 0.709. The highest BCUT2D eigenvalue weighted by atomic mass is 32.2. The summed E-state index contributed by atoms with van der Waals surface area (Å²) in [6, 6.07) is 31.0. The molecule has 0 spiro atoms. The van der Waals surface area contributed by atoms with Crippen LogP contribution in [-0.2, 0) is 0 Å². The summed E-state index contributed by atoms with van der Waals surface area (Å²) in [6.07, 6.45) is 1.23. The molecule has 1 aromatic heterocycles. The van der Waals surface area contributed by atoms with Crippen molar-refractivity contribution in [3.63, 3.8) is 0 Å². The van der Waals surface area contributed by atoms with Gasteiger partial charge in [0, 0.05) is 0 Å². The molecule has 0 saturated carbocycles. The van der Waals surface area contributed by atoms with Crippen LogP contribution < -0.4 is 0 Å². The van der Waals surface area contributed by atoms with Crippen LogP contribution in [0.1, 0.15) is 77.5 Å². The van der Waals surface area contributed by atoms with Gasteiger partial charge in [0.15, 0.2) is 15.5 Å². The van der Waals surface area contributed by atoms with Crippen molar-refractivity contribution in [3.05, 3.63) is 121 Å². The Balaban J connectivity index is 0.000000294. The van der Waals surface area contributed by atoms with E-state index in [4.69, 9.17) is 0 Å². The van der Waals surface area contributed by atoms with Crippen molar-refractivity contribution in [2.24, 2.45) is 0 Å². The maximum absolute atomic E-state index is 4.39. The van der Waals surface area contributed by atoms with E-state index in [0.29, 0.717) is 5.92 Å². The fourth-order valence-electron chi connectivity index (χ4n) is 3.36. The number of hydrogen-bond acceptors (Lipinski definition) is 6. The zero-order valence-electron chi connectivity index (χ0n) is 27.0. The second-order valence-corrected chi connectivity index (χ2v) is 13.2. The van der Waals surface area contributed by atoms with Gasteiger partial charge in [-0.1, -0.05) is 185 Å². The van der Waals surface area contributed by atoms with Crippen molar-refractivity contribution in [3.8, 4) is 0 Å². The molecule has 0 aliphatic heterocycles. The molecule has 230 valence electrons. The number of thioether (sulfide) groups is 3. The van der Waals surface area contributed by atoms with E-state index in [9.17, 15) is 0 Å². The molecule has 0 fully saturated rings. The van der Waals surface area contributed by atoms with Gasteiger partial charge in [0.25, 0.3) is 0 Å². The number of allylic oxidation sites excluding steroid dienone is 2. The quantitative estimate of drug-likeness (QED) is 0.162. The second-order valence-electron chi connectivity index (χ2n) is 9.49. The molecule has 1 heterocycles. The van der Waals surface area contributed by atoms with Crippen molar-refractivity contribution < 1.29 is 0 Å². The number of rotatable bonds is 10. The Morgan fingerprint density at radius 3 is 1.09 bits per heavy atom. The maximum Gasteiger partial charge on any atom is 0.192 e. The third-order valence-electron chi connectivity index (χ3n) is 5.91. The molecular formula is C37H49N3S3. The van der Waals surface area contributed by atoms with Gasteiger partial charge >= 0.3 is 0 Å². The van der Waals surface area contributed by atoms with E-state index in [0.717, 1.165) is 43.9 Å². The summed E-state index contributed by atoms with van der Waals surface area (Å²) in [5, 5.41) is 2.54. The molecule has 6 heteroatoms. The molecule has 0 amide bonds. The van der Waals surface area contributed by atoms with Gasteiger partial charge in [-0.15, -0.1) is 0 Å². The van der Waals surface area contributed by atoms with Crippen molar-refractivity contribution in [1.29, 1.82) is 0 Å². The van der Waals surface area contributed by atoms with Crippen LogP contribution in [-0.4, -0.2) is 32.2 Å². The lowest BCUT2D eigenvalue weighted by Crippen LogP contribution is -1.97. The first-order valence-electron chi connectivity index (χ1n) is 14.9. The summed E-state index contributed by atoms with van der Waals surface area (Å²) in [5.41, 5.74) is 6.13. The average molecular weight is 632 g/mol. The molecule has 0 bridgehead atoms. The van der Waals surface area contributed by atoms with Crippen molar-refractivity contribution in [2.45, 2.75) is 76.3 Å². The van der Waals surface area contributed by atoms with Crippen LogP contribution >= 0.6 is 35.3 Å². The normalized spacial score (nSPS) is 10.5. The zero-order chi connectivity index (χ0) is 31.9. The highest BCUT2D eigenvalue weighted by molar-refractivity contribution is 8.00. The fraction of sp³-hybridized carbons (Fsp3) is 0.324. The van der Waals surface area contributed by atoms with Crippen LogP contribution in [0.4, 0.5) is 0 Å². The zero-order valence-corrected chi connectivity index (χ0v) is 29.5. The molecule has 43 heavy (non-hydrogen) atoms. The molecule has 0 aliphatic rings. The summed E-state index contributed by atoms with van der Waals surface area (Å²) in [6.45, 7) is 22.5. The Labute approximate surface area is 274 Å². The largest absolute Gasteiger partial charge is 0.196 e. The Hall–Kier alpha value is -2.80. The number of nitrogens with zero attached hydrogens (tertiary/aromatic N) is 3. The predicted octanol–water partition coefficient (Wildman–Crippen LogP) is 11.8. The van der Waals surface area contributed by atoms with E-state index in [1.165, 1.54) is 23.1 Å². The second kappa shape index (κ2) is 23.6. The third kappa shape index (κ3) is 17.2. The van der Waals surface area contributed by atoms with Crippen molar-refractivity contribution in [1.82, 2.24) is 15.0 Å². The van der Waals surface area contributed by atoms with Crippen LogP contribution in [0, 0.1) is 0 Å². The first kappa shape index (κ1) is 38.2. The predicted molar refractivity (Wildman–Crippen MR) is 196 cm³/mol. The van der Waals surface area contributed by atoms with E-state index in [1.807, 2.05) is 50.2 Å². The van der Waals surface area contributed by atoms with Gasteiger partial charge in [0.1, 0.15) is 0 Å². The van der Waals surface area contributed by atoms with E-state index < -0.39 is 0 Å². The van der Waals surface area contributed by atoms with Crippen LogP contribution in [0.25, 0.3) is 11.1 Å². The van der Waals surface area contributed by atoms with Gasteiger partial charge in [-0.05, 0) is 60.1 Å². The first-order chi connectivity index (χ1) is 20.7. The molecule has 1 unspecified atom stereocenters. The Kier molecular flexibility index (Phi) is 21.0. The monoisotopic (exact) mass is 631 g/mol. The van der Waals surface area contributed by atoms with Gasteiger partial charge in [-0.2, -0.15) is 15.0 Å². The van der Waals surface area contributed by atoms with E-state index in [2.05, 4.69) is 117 Å². The molecule has 0 radical (unpaired) electrons. The van der Waals surface area contributed by atoms with Gasteiger partial charge in [-0.25, -0.2) is 0 Å². The van der Waals surface area contributed by atoms with Gasteiger partial charge in [0.2, 0.25) is 0 Å². The molecule has 0 saturated heterocycles. The number of benzene rings is 3. The van der Waals surface area contributed by atoms with Crippen LogP contribution in [0.5, 0.6) is 0 Å². The van der Waals surface area contributed by atoms with Crippen molar-refractivity contribution >= 4 is 46.4 Å². The Morgan fingerprint density at radius 1 is 0.558 bits per heavy atom. The molecular weight excluding hydrogens is 583 g/mol. The van der Waals surface area contributed by atoms with Crippen molar-refractivity contribution in [2.75, 3.05) is 17.3 Å². The highest BCUT2D eigenvalue weighted by Gasteiger charge is 2.06. The number of hydrogen-bond donors (Lipinski definition) is 0. The lowest BCUT2D eigenvalue weighted by Gasteiger charge is -2.06. The summed E-state index contributed by atoms with van der Waals surface area (Å²) in [5.74, 6) is 3.70. The summed E-state index contributed by atoms with van der Waals surface area (Å²) >= 11 is 5.00. The van der Waals surface area contributed by atoms with E-state index in [1.54, 1.807) is 35.3 Å². The maximum atomic E-state index is 4.39. The van der Waals surface area contributed by atoms with Crippen LogP contribution in [0.2, 0.25) is 0 Å². The van der Waals surface area contributed by atoms with Gasteiger partial charge in [0.05, 0.1) is 0 Å². The lowest BCUT2D eigenvalue weighted by atomic mass is 9.99. The van der Waals surface area contributed by atoms with Crippen LogP contribution in [0.15, 0.2) is 120 Å². The molecule has 4 rings (SSSR count). The molecule has 3 nitrogen and oxygen atoms in total. The van der Waals surface area contributed by atoms with E-state index in [-0.39, 0.29) is 0 Å². The van der Waals surface area contributed by atoms with Gasteiger partial charge in [-0.3, -0.25) is 0 Å². The topological polar surface area (TPSA) is 38.7 Å². The molecule has 4 aromatic rings. The van der Waals surface area contributed by atoms with Gasteiger partial charge < -0.3 is 0 Å². The summed E-state index contributed by atoms with van der Waals surface area (Å²) in [4.78, 5) is 13.2. The Bertz CT molecular complexity index is 1190. The summed E-state index contributed by atoms with van der Waals surface area (Å²) < 4.78 is 0. The molecule has 3 aromatic carbocycles. The first-order valence-corrected chi connectivity index (χ1v) is 17.8.